The van der Waals surface area contributed by atoms with Gasteiger partial charge in [0.05, 0.1) is 5.92 Å². The second-order valence-electron chi connectivity index (χ2n) is 6.92. The van der Waals surface area contributed by atoms with Gasteiger partial charge in [0, 0.05) is 30.4 Å². The molecule has 0 spiro atoms. The lowest BCUT2D eigenvalue weighted by Gasteiger charge is -2.34. The van der Waals surface area contributed by atoms with Crippen molar-refractivity contribution in [3.8, 4) is 0 Å². The van der Waals surface area contributed by atoms with Crippen molar-refractivity contribution in [3.63, 3.8) is 0 Å². The maximum atomic E-state index is 12.7. The fraction of sp³-hybridized carbons (Fsp3) is 0.500. The number of hydrogen-bond donors (Lipinski definition) is 3. The first-order valence-electron chi connectivity index (χ1n) is 8.46. The fourth-order valence-electron chi connectivity index (χ4n) is 3.04. The van der Waals surface area contributed by atoms with E-state index in [0.29, 0.717) is 24.2 Å². The van der Waals surface area contributed by atoms with E-state index in [1.807, 2.05) is 20.8 Å². The van der Waals surface area contributed by atoms with Crippen LogP contribution in [0.1, 0.15) is 37.6 Å². The fourth-order valence-corrected chi connectivity index (χ4v) is 3.04. The third-order valence-corrected chi connectivity index (χ3v) is 4.08. The minimum absolute atomic E-state index is 0.00704. The molecule has 1 aliphatic heterocycles. The molecule has 0 radical (unpaired) electrons. The maximum absolute atomic E-state index is 12.7. The highest BCUT2D eigenvalue weighted by atomic mass is 16.4. The molecule has 1 fully saturated rings. The molecule has 1 aliphatic rings. The molecule has 25 heavy (non-hydrogen) atoms. The number of benzene rings is 1. The number of nitrogens with zero attached hydrogens (tertiary/aromatic N) is 1. The average Bonchev–Trinajstić information content (AvgIpc) is 2.52. The molecular weight excluding hydrogens is 322 g/mol. The number of piperidine rings is 1. The van der Waals surface area contributed by atoms with Crippen LogP contribution in [0.3, 0.4) is 0 Å². The zero-order valence-corrected chi connectivity index (χ0v) is 14.8. The first-order chi connectivity index (χ1) is 11.8. The number of nitrogens with one attached hydrogen (secondary N) is 2. The predicted octanol–water partition coefficient (Wildman–Crippen LogP) is 2.40. The van der Waals surface area contributed by atoms with Crippen LogP contribution in [0.4, 0.5) is 10.5 Å². The number of carboxylic acid groups (broad SMARTS) is 1. The lowest BCUT2D eigenvalue weighted by Crippen LogP contribution is -2.45. The van der Waals surface area contributed by atoms with E-state index in [9.17, 15) is 19.5 Å². The Labute approximate surface area is 147 Å². The summed E-state index contributed by atoms with van der Waals surface area (Å²) in [6, 6.07) is 6.35. The van der Waals surface area contributed by atoms with E-state index in [-0.39, 0.29) is 30.4 Å². The molecule has 3 amide bonds. The molecule has 2 rings (SSSR count). The van der Waals surface area contributed by atoms with E-state index in [0.717, 1.165) is 0 Å². The molecule has 0 aliphatic carbocycles. The normalized spacial score (nSPS) is 20.2. The molecule has 0 aromatic heterocycles. The molecule has 2 atom stereocenters. The van der Waals surface area contributed by atoms with Gasteiger partial charge in [-0.05, 0) is 44.4 Å². The number of likely N-dealkylation sites (tertiary alicyclic amines) is 1. The van der Waals surface area contributed by atoms with E-state index in [1.165, 1.54) is 0 Å². The Bertz CT molecular complexity index is 659. The van der Waals surface area contributed by atoms with Gasteiger partial charge in [0.15, 0.2) is 0 Å². The van der Waals surface area contributed by atoms with Crippen molar-refractivity contribution in [2.45, 2.75) is 33.2 Å². The van der Waals surface area contributed by atoms with Gasteiger partial charge in [0.1, 0.15) is 0 Å². The maximum Gasteiger partial charge on any atom is 0.319 e. The quantitative estimate of drug-likeness (QED) is 0.779. The van der Waals surface area contributed by atoms with Crippen LogP contribution in [0.5, 0.6) is 0 Å². The zero-order chi connectivity index (χ0) is 18.6. The Morgan fingerprint density at radius 1 is 1.24 bits per heavy atom. The molecule has 3 N–H and O–H groups in total. The molecule has 1 aromatic carbocycles. The van der Waals surface area contributed by atoms with E-state index in [4.69, 9.17) is 0 Å². The van der Waals surface area contributed by atoms with Gasteiger partial charge < -0.3 is 20.6 Å². The lowest BCUT2D eigenvalue weighted by atomic mass is 9.90. The van der Waals surface area contributed by atoms with E-state index in [2.05, 4.69) is 10.6 Å². The van der Waals surface area contributed by atoms with Crippen molar-refractivity contribution in [1.29, 1.82) is 0 Å². The number of urea groups is 1. The van der Waals surface area contributed by atoms with Crippen LogP contribution < -0.4 is 10.6 Å². The number of carbonyl (C=O) groups excluding carboxylic acids is 2. The number of anilines is 1. The second kappa shape index (κ2) is 8.00. The van der Waals surface area contributed by atoms with Crippen LogP contribution >= 0.6 is 0 Å². The van der Waals surface area contributed by atoms with Crippen molar-refractivity contribution in [3.05, 3.63) is 29.8 Å². The standard InChI is InChI=1S/C18H25N3O4/c1-11(2)19-18(25)20-15-6-4-5-13(8-15)16(22)21-9-12(3)7-14(10-21)17(23)24/h4-6,8,11-12,14H,7,9-10H2,1-3H3,(H,23,24)(H2,19,20,25). The average molecular weight is 347 g/mol. The van der Waals surface area contributed by atoms with Gasteiger partial charge in [-0.1, -0.05) is 13.0 Å². The minimum atomic E-state index is -0.870. The molecule has 136 valence electrons. The SMILES string of the molecule is CC1CC(C(=O)O)CN(C(=O)c2cccc(NC(=O)NC(C)C)c2)C1. The molecule has 1 aromatic rings. The number of aliphatic carboxylic acids is 1. The summed E-state index contributed by atoms with van der Waals surface area (Å²) in [5, 5.41) is 14.7. The summed E-state index contributed by atoms with van der Waals surface area (Å²) in [4.78, 5) is 37.4. The van der Waals surface area contributed by atoms with Crippen LogP contribution in [0.2, 0.25) is 0 Å². The summed E-state index contributed by atoms with van der Waals surface area (Å²) in [5.41, 5.74) is 0.949. The first-order valence-corrected chi connectivity index (χ1v) is 8.46. The summed E-state index contributed by atoms with van der Waals surface area (Å²) >= 11 is 0. The van der Waals surface area contributed by atoms with Crippen LogP contribution in [-0.4, -0.2) is 47.0 Å². The number of carbonyl (C=O) groups is 3. The number of amides is 3. The van der Waals surface area contributed by atoms with E-state index in [1.54, 1.807) is 29.2 Å². The van der Waals surface area contributed by atoms with Crippen LogP contribution in [0.15, 0.2) is 24.3 Å². The highest BCUT2D eigenvalue weighted by Gasteiger charge is 2.32. The second-order valence-corrected chi connectivity index (χ2v) is 6.92. The van der Waals surface area contributed by atoms with E-state index < -0.39 is 11.9 Å². The van der Waals surface area contributed by atoms with Gasteiger partial charge in [-0.3, -0.25) is 9.59 Å². The van der Waals surface area contributed by atoms with Crippen molar-refractivity contribution in [1.82, 2.24) is 10.2 Å². The summed E-state index contributed by atoms with van der Waals surface area (Å²) in [6.07, 6.45) is 0.579. The number of carboxylic acids is 1. The molecular formula is C18H25N3O4. The summed E-state index contributed by atoms with van der Waals surface area (Å²) in [6.45, 7) is 6.41. The van der Waals surface area contributed by atoms with E-state index >= 15 is 0 Å². The molecule has 1 saturated heterocycles. The Morgan fingerprint density at radius 2 is 1.96 bits per heavy atom. The molecule has 7 heteroatoms. The van der Waals surface area contributed by atoms with Crippen molar-refractivity contribution in [2.75, 3.05) is 18.4 Å². The highest BCUT2D eigenvalue weighted by Crippen LogP contribution is 2.24. The topological polar surface area (TPSA) is 98.7 Å². The molecule has 0 bridgehead atoms. The number of hydrogen-bond acceptors (Lipinski definition) is 3. The van der Waals surface area contributed by atoms with Crippen LogP contribution in [0, 0.1) is 11.8 Å². The lowest BCUT2D eigenvalue weighted by molar-refractivity contribution is -0.143. The Hall–Kier alpha value is -2.57. The van der Waals surface area contributed by atoms with Crippen LogP contribution in [0.25, 0.3) is 0 Å². The smallest absolute Gasteiger partial charge is 0.319 e. The predicted molar refractivity (Wildman–Crippen MR) is 94.5 cm³/mol. The molecule has 1 heterocycles. The van der Waals surface area contributed by atoms with Gasteiger partial charge >= 0.3 is 12.0 Å². The molecule has 2 unspecified atom stereocenters. The van der Waals surface area contributed by atoms with Crippen molar-refractivity contribution in [2.24, 2.45) is 11.8 Å². The zero-order valence-electron chi connectivity index (χ0n) is 14.8. The van der Waals surface area contributed by atoms with Gasteiger partial charge in [-0.15, -0.1) is 0 Å². The monoisotopic (exact) mass is 347 g/mol. The van der Waals surface area contributed by atoms with Gasteiger partial charge in [0.2, 0.25) is 0 Å². The Kier molecular flexibility index (Phi) is 6.01. The third-order valence-electron chi connectivity index (χ3n) is 4.08. The third kappa shape index (κ3) is 5.20. The van der Waals surface area contributed by atoms with Crippen molar-refractivity contribution < 1.29 is 19.5 Å². The molecule has 7 nitrogen and oxygen atoms in total. The minimum Gasteiger partial charge on any atom is -0.481 e. The molecule has 0 saturated carbocycles. The van der Waals surface area contributed by atoms with Crippen molar-refractivity contribution >= 4 is 23.6 Å². The van der Waals surface area contributed by atoms with Gasteiger partial charge in [0.25, 0.3) is 5.91 Å². The largest absolute Gasteiger partial charge is 0.481 e. The summed E-state index contributed by atoms with van der Waals surface area (Å²) in [5.74, 6) is -1.49. The van der Waals surface area contributed by atoms with Gasteiger partial charge in [-0.2, -0.15) is 0 Å². The van der Waals surface area contributed by atoms with Crippen LogP contribution in [-0.2, 0) is 4.79 Å². The first kappa shape index (κ1) is 18.8. The summed E-state index contributed by atoms with van der Waals surface area (Å²) < 4.78 is 0. The van der Waals surface area contributed by atoms with Gasteiger partial charge in [-0.25, -0.2) is 4.79 Å². The summed E-state index contributed by atoms with van der Waals surface area (Å²) in [7, 11) is 0. The Balaban J connectivity index is 2.10. The number of rotatable bonds is 4. The Morgan fingerprint density at radius 3 is 2.60 bits per heavy atom. The highest BCUT2D eigenvalue weighted by molar-refractivity contribution is 5.97.